The third-order valence-corrected chi connectivity index (χ3v) is 5.70. The summed E-state index contributed by atoms with van der Waals surface area (Å²) >= 11 is 6.23. The number of nitro groups is 1. The van der Waals surface area contributed by atoms with Crippen LogP contribution in [0.2, 0.25) is 5.02 Å². The van der Waals surface area contributed by atoms with Crippen LogP contribution in [0.5, 0.6) is 0 Å². The second kappa shape index (κ2) is 5.83. The predicted molar refractivity (Wildman–Crippen MR) is 103 cm³/mol. The number of hydrogen-bond acceptors (Lipinski definition) is 4. The lowest BCUT2D eigenvalue weighted by atomic mass is 9.77. The molecule has 6 heteroatoms. The van der Waals surface area contributed by atoms with Gasteiger partial charge < -0.3 is 9.64 Å². The van der Waals surface area contributed by atoms with E-state index >= 15 is 0 Å². The third kappa shape index (κ3) is 2.35. The molecule has 1 unspecified atom stereocenters. The Kier molecular flexibility index (Phi) is 3.82. The zero-order chi connectivity index (χ0) is 18.5. The Morgan fingerprint density at radius 1 is 1.23 bits per heavy atom. The number of benzene rings is 2. The van der Waals surface area contributed by atoms with E-state index in [2.05, 4.69) is 30.9 Å². The Labute approximate surface area is 157 Å². The molecular formula is C20H19ClN2O3. The van der Waals surface area contributed by atoms with Gasteiger partial charge in [-0.05, 0) is 47.5 Å². The van der Waals surface area contributed by atoms with Crippen LogP contribution in [0, 0.1) is 10.1 Å². The zero-order valence-corrected chi connectivity index (χ0v) is 15.4. The van der Waals surface area contributed by atoms with Crippen molar-refractivity contribution in [1.82, 2.24) is 0 Å². The molecule has 0 spiro atoms. The van der Waals surface area contributed by atoms with Gasteiger partial charge in [0.2, 0.25) is 0 Å². The van der Waals surface area contributed by atoms with Crippen molar-refractivity contribution in [2.24, 2.45) is 0 Å². The molecule has 0 amide bonds. The summed E-state index contributed by atoms with van der Waals surface area (Å²) in [4.78, 5) is 12.7. The van der Waals surface area contributed by atoms with E-state index in [1.54, 1.807) is 12.1 Å². The molecule has 2 aromatic carbocycles. The first-order chi connectivity index (χ1) is 12.3. The molecule has 2 aliphatic heterocycles. The van der Waals surface area contributed by atoms with E-state index in [9.17, 15) is 10.1 Å². The molecule has 0 aliphatic carbocycles. The smallest absolute Gasteiger partial charge is 0.269 e. The van der Waals surface area contributed by atoms with Gasteiger partial charge in [0.15, 0.2) is 5.72 Å². The molecule has 2 aliphatic rings. The average Bonchev–Trinajstić information content (AvgIpc) is 3.11. The van der Waals surface area contributed by atoms with E-state index in [1.807, 2.05) is 18.2 Å². The number of anilines is 1. The van der Waals surface area contributed by atoms with Crippen molar-refractivity contribution >= 4 is 29.1 Å². The first-order valence-electron chi connectivity index (χ1n) is 8.50. The molecular weight excluding hydrogens is 352 g/mol. The van der Waals surface area contributed by atoms with E-state index < -0.39 is 10.6 Å². The Bertz CT molecular complexity index is 908. The minimum absolute atomic E-state index is 0.0855. The van der Waals surface area contributed by atoms with Crippen LogP contribution in [0.4, 0.5) is 11.4 Å². The quantitative estimate of drug-likeness (QED) is 0.576. The predicted octanol–water partition coefficient (Wildman–Crippen LogP) is 4.79. The minimum Gasteiger partial charge on any atom is -0.349 e. The number of ether oxygens (including phenoxy) is 1. The molecule has 0 N–H and O–H groups in total. The number of nitro benzene ring substituents is 1. The average molecular weight is 371 g/mol. The summed E-state index contributed by atoms with van der Waals surface area (Å²) in [6.45, 7) is 5.78. The molecule has 0 saturated carbocycles. The van der Waals surface area contributed by atoms with E-state index in [0.717, 1.165) is 23.4 Å². The number of non-ortho nitro benzene ring substituents is 1. The molecule has 0 bridgehead atoms. The molecule has 0 aromatic heterocycles. The summed E-state index contributed by atoms with van der Waals surface area (Å²) in [6.07, 6.45) is 4.03. The fraction of sp³-hybridized carbons (Fsp3) is 0.300. The lowest BCUT2D eigenvalue weighted by molar-refractivity contribution is -0.384. The first kappa shape index (κ1) is 17.1. The minimum atomic E-state index is -0.595. The van der Waals surface area contributed by atoms with Crippen LogP contribution in [0.1, 0.15) is 25.0 Å². The van der Waals surface area contributed by atoms with E-state index in [4.69, 9.17) is 16.3 Å². The Balaban J connectivity index is 1.74. The highest BCUT2D eigenvalue weighted by atomic mass is 35.5. The summed E-state index contributed by atoms with van der Waals surface area (Å²) in [6, 6.07) is 12.5. The molecule has 26 heavy (non-hydrogen) atoms. The molecule has 1 atom stereocenters. The SMILES string of the molecule is CC1(C)c2cc(Cl)ccc2N2CCOC21/C=C/c1ccc([N+](=O)[O-])cc1. The molecule has 1 fully saturated rings. The van der Waals surface area contributed by atoms with Gasteiger partial charge in [-0.2, -0.15) is 0 Å². The van der Waals surface area contributed by atoms with E-state index in [0.29, 0.717) is 11.6 Å². The molecule has 2 aromatic rings. The summed E-state index contributed by atoms with van der Waals surface area (Å²) in [5, 5.41) is 11.5. The van der Waals surface area contributed by atoms with E-state index in [1.165, 1.54) is 12.1 Å². The fourth-order valence-electron chi connectivity index (χ4n) is 4.05. The highest BCUT2D eigenvalue weighted by Gasteiger charge is 2.59. The normalized spacial score (nSPS) is 23.3. The molecule has 4 rings (SSSR count). The van der Waals surface area contributed by atoms with Crippen LogP contribution >= 0.6 is 11.6 Å². The summed E-state index contributed by atoms with van der Waals surface area (Å²) in [5.41, 5.74) is 2.40. The van der Waals surface area contributed by atoms with Gasteiger partial charge in [-0.3, -0.25) is 10.1 Å². The summed E-state index contributed by atoms with van der Waals surface area (Å²) in [7, 11) is 0. The molecule has 5 nitrogen and oxygen atoms in total. The summed E-state index contributed by atoms with van der Waals surface area (Å²) < 4.78 is 6.27. The lowest BCUT2D eigenvalue weighted by Crippen LogP contribution is -2.51. The second-order valence-electron chi connectivity index (χ2n) is 7.16. The van der Waals surface area contributed by atoms with Crippen LogP contribution in [0.15, 0.2) is 48.5 Å². The van der Waals surface area contributed by atoms with Crippen molar-refractivity contribution in [3.8, 4) is 0 Å². The maximum atomic E-state index is 10.8. The topological polar surface area (TPSA) is 55.6 Å². The number of rotatable bonds is 3. The van der Waals surface area contributed by atoms with Crippen molar-refractivity contribution in [3.05, 3.63) is 74.8 Å². The Morgan fingerprint density at radius 3 is 2.65 bits per heavy atom. The van der Waals surface area contributed by atoms with Gasteiger partial charge in [-0.15, -0.1) is 0 Å². The van der Waals surface area contributed by atoms with Gasteiger partial charge in [0.25, 0.3) is 5.69 Å². The van der Waals surface area contributed by atoms with Crippen molar-refractivity contribution in [1.29, 1.82) is 0 Å². The number of hydrogen-bond donors (Lipinski definition) is 0. The van der Waals surface area contributed by atoms with Crippen LogP contribution in [-0.4, -0.2) is 23.8 Å². The maximum absolute atomic E-state index is 10.8. The molecule has 0 radical (unpaired) electrons. The van der Waals surface area contributed by atoms with Gasteiger partial charge in [-0.1, -0.05) is 31.5 Å². The molecule has 1 saturated heterocycles. The first-order valence-corrected chi connectivity index (χ1v) is 8.88. The van der Waals surface area contributed by atoms with Gasteiger partial charge >= 0.3 is 0 Å². The van der Waals surface area contributed by atoms with E-state index in [-0.39, 0.29) is 11.1 Å². The van der Waals surface area contributed by atoms with Crippen LogP contribution in [0.25, 0.3) is 6.08 Å². The van der Waals surface area contributed by atoms with Crippen LogP contribution in [0.3, 0.4) is 0 Å². The van der Waals surface area contributed by atoms with Crippen molar-refractivity contribution in [2.75, 3.05) is 18.1 Å². The lowest BCUT2D eigenvalue weighted by Gasteiger charge is -2.39. The maximum Gasteiger partial charge on any atom is 0.269 e. The number of fused-ring (bicyclic) bond motifs is 3. The van der Waals surface area contributed by atoms with Gasteiger partial charge in [0, 0.05) is 34.8 Å². The highest BCUT2D eigenvalue weighted by Crippen LogP contribution is 2.55. The van der Waals surface area contributed by atoms with Gasteiger partial charge in [0.1, 0.15) is 0 Å². The third-order valence-electron chi connectivity index (χ3n) is 5.46. The largest absolute Gasteiger partial charge is 0.349 e. The summed E-state index contributed by atoms with van der Waals surface area (Å²) in [5.74, 6) is 0. The zero-order valence-electron chi connectivity index (χ0n) is 14.6. The molecule has 2 heterocycles. The second-order valence-corrected chi connectivity index (χ2v) is 7.60. The Hall–Kier alpha value is -2.37. The highest BCUT2D eigenvalue weighted by molar-refractivity contribution is 6.30. The van der Waals surface area contributed by atoms with Crippen molar-refractivity contribution in [3.63, 3.8) is 0 Å². The van der Waals surface area contributed by atoms with Crippen LogP contribution < -0.4 is 4.90 Å². The fourth-order valence-corrected chi connectivity index (χ4v) is 4.23. The van der Waals surface area contributed by atoms with Gasteiger partial charge in [0.05, 0.1) is 11.5 Å². The number of halogens is 1. The van der Waals surface area contributed by atoms with Gasteiger partial charge in [-0.25, -0.2) is 0 Å². The monoisotopic (exact) mass is 370 g/mol. The van der Waals surface area contributed by atoms with Crippen LogP contribution in [-0.2, 0) is 10.2 Å². The molecule has 134 valence electrons. The number of nitrogens with zero attached hydrogens (tertiary/aromatic N) is 2. The van der Waals surface area contributed by atoms with Crippen molar-refractivity contribution in [2.45, 2.75) is 25.0 Å². The standard InChI is InChI=1S/C20H19ClN2O3/c1-19(2)17-13-15(21)5-8-18(17)22-11-12-26-20(19,22)10-9-14-3-6-16(7-4-14)23(24)25/h3-10,13H,11-12H2,1-2H3/b10-9+. The van der Waals surface area contributed by atoms with Crippen molar-refractivity contribution < 1.29 is 9.66 Å². The Morgan fingerprint density at radius 2 is 1.96 bits per heavy atom.